The van der Waals surface area contributed by atoms with Gasteiger partial charge in [-0.2, -0.15) is 0 Å². The Balaban J connectivity index is 4.13. The van der Waals surface area contributed by atoms with Crippen molar-refractivity contribution in [2.45, 2.75) is 91.3 Å². The molecule has 0 aromatic heterocycles. The molecule has 0 fully saturated rings. The van der Waals surface area contributed by atoms with E-state index in [1.165, 1.54) is 20.8 Å². The maximum absolute atomic E-state index is 11.2. The molecule has 2 atom stereocenters. The van der Waals surface area contributed by atoms with E-state index in [2.05, 4.69) is 6.92 Å². The molecule has 0 aliphatic heterocycles. The van der Waals surface area contributed by atoms with E-state index in [1.807, 2.05) is 0 Å². The Morgan fingerprint density at radius 2 is 1.21 bits per heavy atom. The summed E-state index contributed by atoms with van der Waals surface area (Å²) in [6, 6.07) is 0. The third-order valence-electron chi connectivity index (χ3n) is 3.55. The van der Waals surface area contributed by atoms with Crippen molar-refractivity contribution in [1.29, 1.82) is 0 Å². The van der Waals surface area contributed by atoms with Gasteiger partial charge in [0.2, 0.25) is 0 Å². The molecule has 0 aliphatic carbocycles. The van der Waals surface area contributed by atoms with Gasteiger partial charge in [0, 0.05) is 20.8 Å². The fourth-order valence-electron chi connectivity index (χ4n) is 2.58. The third-order valence-corrected chi connectivity index (χ3v) is 3.55. The van der Waals surface area contributed by atoms with Gasteiger partial charge in [0.05, 0.1) is 6.61 Å². The number of ether oxygens (including phenoxy) is 3. The van der Waals surface area contributed by atoms with Crippen LogP contribution >= 0.6 is 0 Å². The highest BCUT2D eigenvalue weighted by atomic mass is 16.5. The normalized spacial score (nSPS) is 13.0. The first-order valence-electron chi connectivity index (χ1n) is 8.82. The summed E-state index contributed by atoms with van der Waals surface area (Å²) in [7, 11) is 0. The molecule has 0 rings (SSSR count). The van der Waals surface area contributed by atoms with Crippen molar-refractivity contribution >= 4 is 17.9 Å². The minimum Gasteiger partial charge on any atom is -0.466 e. The molecule has 0 aliphatic rings. The fourth-order valence-corrected chi connectivity index (χ4v) is 2.58. The maximum Gasteiger partial charge on any atom is 0.302 e. The molecule has 24 heavy (non-hydrogen) atoms. The van der Waals surface area contributed by atoms with Gasteiger partial charge in [0.1, 0.15) is 12.2 Å². The van der Waals surface area contributed by atoms with Gasteiger partial charge in [-0.05, 0) is 44.9 Å². The van der Waals surface area contributed by atoms with Crippen molar-refractivity contribution in [3.63, 3.8) is 0 Å². The summed E-state index contributed by atoms with van der Waals surface area (Å²) in [5, 5.41) is 0. The quantitative estimate of drug-likeness (QED) is 0.289. The maximum atomic E-state index is 11.2. The van der Waals surface area contributed by atoms with Crippen LogP contribution in [0.1, 0.15) is 79.1 Å². The number of hydrogen-bond donors (Lipinski definition) is 0. The topological polar surface area (TPSA) is 78.9 Å². The Morgan fingerprint density at radius 1 is 0.708 bits per heavy atom. The van der Waals surface area contributed by atoms with Crippen molar-refractivity contribution in [2.24, 2.45) is 0 Å². The fraction of sp³-hybridized carbons (Fsp3) is 0.833. The number of hydrogen-bond acceptors (Lipinski definition) is 6. The second kappa shape index (κ2) is 13.8. The van der Waals surface area contributed by atoms with E-state index in [9.17, 15) is 14.4 Å². The van der Waals surface area contributed by atoms with Crippen LogP contribution in [-0.4, -0.2) is 36.7 Å². The Labute approximate surface area is 145 Å². The van der Waals surface area contributed by atoms with E-state index in [0.29, 0.717) is 6.61 Å². The van der Waals surface area contributed by atoms with E-state index in [4.69, 9.17) is 14.2 Å². The van der Waals surface area contributed by atoms with Crippen molar-refractivity contribution in [2.75, 3.05) is 6.61 Å². The van der Waals surface area contributed by atoms with Crippen LogP contribution in [0, 0.1) is 0 Å². The number of rotatable bonds is 13. The van der Waals surface area contributed by atoms with Crippen LogP contribution in [0.3, 0.4) is 0 Å². The van der Waals surface area contributed by atoms with E-state index < -0.39 is 0 Å². The minimum absolute atomic E-state index is 0.0607. The second-order valence-electron chi connectivity index (χ2n) is 6.02. The summed E-state index contributed by atoms with van der Waals surface area (Å²) < 4.78 is 15.5. The standard InChI is InChI=1S/C18H32O6/c1-5-9-17(23-15(3)20)11-8-12-18(24-16(4)21)10-6-7-13-22-14(2)19/h17-18H,5-13H2,1-4H3. The lowest BCUT2D eigenvalue weighted by atomic mass is 10.0. The van der Waals surface area contributed by atoms with Crippen LogP contribution < -0.4 is 0 Å². The first-order valence-corrected chi connectivity index (χ1v) is 8.82. The number of carbonyl (C=O) groups excluding carboxylic acids is 3. The molecule has 0 saturated carbocycles. The van der Waals surface area contributed by atoms with Gasteiger partial charge < -0.3 is 14.2 Å². The van der Waals surface area contributed by atoms with Crippen LogP contribution in [0.25, 0.3) is 0 Å². The Bertz CT molecular complexity index is 380. The lowest BCUT2D eigenvalue weighted by molar-refractivity contribution is -0.147. The molecule has 0 N–H and O–H groups in total. The molecule has 0 heterocycles. The summed E-state index contributed by atoms with van der Waals surface area (Å²) in [5.41, 5.74) is 0. The molecular formula is C18H32O6. The van der Waals surface area contributed by atoms with Crippen molar-refractivity contribution in [3.8, 4) is 0 Å². The number of unbranched alkanes of at least 4 members (excludes halogenated alkanes) is 1. The molecule has 0 spiro atoms. The molecule has 0 radical (unpaired) electrons. The summed E-state index contributed by atoms with van der Waals surface area (Å²) in [6.45, 7) is 6.67. The van der Waals surface area contributed by atoms with E-state index in [0.717, 1.165) is 51.4 Å². The van der Waals surface area contributed by atoms with Gasteiger partial charge in [-0.3, -0.25) is 14.4 Å². The number of esters is 3. The predicted molar refractivity (Wildman–Crippen MR) is 90.4 cm³/mol. The van der Waals surface area contributed by atoms with Crippen molar-refractivity contribution < 1.29 is 28.6 Å². The average Bonchev–Trinajstić information content (AvgIpc) is 2.45. The van der Waals surface area contributed by atoms with Crippen LogP contribution in [0.4, 0.5) is 0 Å². The molecule has 0 bridgehead atoms. The molecular weight excluding hydrogens is 312 g/mol. The highest BCUT2D eigenvalue weighted by molar-refractivity contribution is 5.66. The molecule has 140 valence electrons. The van der Waals surface area contributed by atoms with Gasteiger partial charge in [-0.25, -0.2) is 0 Å². The highest BCUT2D eigenvalue weighted by Crippen LogP contribution is 2.17. The molecule has 6 heteroatoms. The lowest BCUT2D eigenvalue weighted by Crippen LogP contribution is -2.19. The molecule has 0 aromatic rings. The summed E-state index contributed by atoms with van der Waals surface area (Å²) in [6.07, 6.45) is 6.28. The lowest BCUT2D eigenvalue weighted by Gasteiger charge is -2.20. The summed E-state index contributed by atoms with van der Waals surface area (Å²) in [5.74, 6) is -0.820. The second-order valence-corrected chi connectivity index (χ2v) is 6.02. The first-order chi connectivity index (χ1) is 11.3. The van der Waals surface area contributed by atoms with Gasteiger partial charge in [0.25, 0.3) is 0 Å². The predicted octanol–water partition coefficient (Wildman–Crippen LogP) is 3.55. The van der Waals surface area contributed by atoms with Gasteiger partial charge in [-0.15, -0.1) is 0 Å². The zero-order valence-electron chi connectivity index (χ0n) is 15.5. The van der Waals surface area contributed by atoms with Crippen LogP contribution in [-0.2, 0) is 28.6 Å². The van der Waals surface area contributed by atoms with Gasteiger partial charge in [-0.1, -0.05) is 13.3 Å². The van der Waals surface area contributed by atoms with Gasteiger partial charge >= 0.3 is 17.9 Å². The Hall–Kier alpha value is -1.59. The van der Waals surface area contributed by atoms with Gasteiger partial charge in [0.15, 0.2) is 0 Å². The molecule has 2 unspecified atom stereocenters. The molecule has 0 amide bonds. The zero-order chi connectivity index (χ0) is 18.4. The SMILES string of the molecule is CCCC(CCCC(CCCCOC(C)=O)OC(C)=O)OC(C)=O. The zero-order valence-corrected chi connectivity index (χ0v) is 15.5. The average molecular weight is 344 g/mol. The Morgan fingerprint density at radius 3 is 1.67 bits per heavy atom. The third kappa shape index (κ3) is 14.0. The summed E-state index contributed by atoms with van der Waals surface area (Å²) >= 11 is 0. The first kappa shape index (κ1) is 22.4. The summed E-state index contributed by atoms with van der Waals surface area (Å²) in [4.78, 5) is 33.0. The minimum atomic E-state index is -0.287. The molecule has 0 saturated heterocycles. The largest absolute Gasteiger partial charge is 0.466 e. The van der Waals surface area contributed by atoms with E-state index in [-0.39, 0.29) is 30.1 Å². The Kier molecular flexibility index (Phi) is 12.9. The molecule has 6 nitrogen and oxygen atoms in total. The highest BCUT2D eigenvalue weighted by Gasteiger charge is 2.15. The van der Waals surface area contributed by atoms with Crippen molar-refractivity contribution in [3.05, 3.63) is 0 Å². The smallest absolute Gasteiger partial charge is 0.302 e. The van der Waals surface area contributed by atoms with Crippen LogP contribution in [0.2, 0.25) is 0 Å². The number of carbonyl (C=O) groups is 3. The van der Waals surface area contributed by atoms with Crippen LogP contribution in [0.5, 0.6) is 0 Å². The monoisotopic (exact) mass is 344 g/mol. The van der Waals surface area contributed by atoms with E-state index in [1.54, 1.807) is 0 Å². The molecule has 0 aromatic carbocycles. The van der Waals surface area contributed by atoms with Crippen molar-refractivity contribution in [1.82, 2.24) is 0 Å². The van der Waals surface area contributed by atoms with E-state index >= 15 is 0 Å². The van der Waals surface area contributed by atoms with Crippen LogP contribution in [0.15, 0.2) is 0 Å².